The van der Waals surface area contributed by atoms with Crippen molar-refractivity contribution in [1.82, 2.24) is 5.32 Å². The average molecular weight is 181 g/mol. The second-order valence-corrected chi connectivity index (χ2v) is 1.51. The zero-order valence-electron chi connectivity index (χ0n) is 6.99. The Morgan fingerprint density at radius 2 is 2.25 bits per heavy atom. The van der Waals surface area contributed by atoms with Gasteiger partial charge in [-0.3, -0.25) is 4.79 Å². The number of esters is 1. The average Bonchev–Trinajstić information content (AvgIpc) is 2.00. The van der Waals surface area contributed by atoms with E-state index in [2.05, 4.69) is 4.74 Å². The first-order valence-corrected chi connectivity index (χ1v) is 2.95. The molecule has 62 valence electrons. The smallest absolute Gasteiger partial charge is 0.876 e. The molecule has 0 aliphatic heterocycles. The normalized spacial score (nSPS) is 9.58. The van der Waals surface area contributed by atoms with Crippen molar-refractivity contribution in [1.29, 1.82) is 0 Å². The fraction of sp³-hybridized carbons (Fsp3) is 0.333. The van der Waals surface area contributed by atoms with E-state index in [4.69, 9.17) is 0 Å². The molecule has 0 aromatic rings. The first-order valence-electron chi connectivity index (χ1n) is 2.95. The van der Waals surface area contributed by atoms with Gasteiger partial charge in [-0.25, -0.2) is 4.79 Å². The molecule has 0 aromatic carbocycles. The molecule has 0 aromatic heterocycles. The molecule has 0 saturated heterocycles. The number of rotatable bonds is 4. The van der Waals surface area contributed by atoms with Crippen molar-refractivity contribution in [3.05, 3.63) is 12.0 Å². The van der Waals surface area contributed by atoms with Gasteiger partial charge in [0.1, 0.15) is 5.70 Å². The number of carbonyl (C=O) groups is 2. The predicted octanol–water partition coefficient (Wildman–Crippen LogP) is -4.50. The third-order valence-corrected chi connectivity index (χ3v) is 0.828. The minimum Gasteiger partial charge on any atom is -0.876 e. The number of ether oxygens (including phenoxy) is 1. The Labute approximate surface area is 92.1 Å². The summed E-state index contributed by atoms with van der Waals surface area (Å²) in [5.41, 5.74) is -0.387. The Morgan fingerprint density at radius 1 is 1.67 bits per heavy atom. The molecule has 0 saturated carbocycles. The van der Waals surface area contributed by atoms with E-state index in [9.17, 15) is 14.7 Å². The standard InChI is InChI=1S/C6H9NO4.Na/c1-2-11-6(10)5(3-8)7-4-9;/h3-4,8H,2H2,1H3,(H,7,9);/q;+1/p-1/b5-3+;. The quantitative estimate of drug-likeness (QED) is 0.156. The first-order chi connectivity index (χ1) is 5.26. The van der Waals surface area contributed by atoms with Crippen molar-refractivity contribution < 1.29 is 49.0 Å². The molecule has 0 radical (unpaired) electrons. The molecule has 0 aliphatic carbocycles. The van der Waals surface area contributed by atoms with Crippen LogP contribution in [0.3, 0.4) is 0 Å². The first kappa shape index (κ1) is 14.0. The maximum absolute atomic E-state index is 10.7. The molecule has 1 N–H and O–H groups in total. The maximum Gasteiger partial charge on any atom is 1.00 e. The molecule has 0 fully saturated rings. The van der Waals surface area contributed by atoms with Crippen LogP contribution in [-0.4, -0.2) is 19.0 Å². The second kappa shape index (κ2) is 8.58. The van der Waals surface area contributed by atoms with Crippen LogP contribution in [-0.2, 0) is 14.3 Å². The molecule has 0 bridgehead atoms. The molecule has 1 amide bonds. The summed E-state index contributed by atoms with van der Waals surface area (Å²) in [7, 11) is 0. The Kier molecular flexibility index (Phi) is 10.0. The van der Waals surface area contributed by atoms with Crippen LogP contribution in [0, 0.1) is 0 Å². The van der Waals surface area contributed by atoms with Gasteiger partial charge in [0.05, 0.1) is 6.61 Å². The van der Waals surface area contributed by atoms with E-state index in [-0.39, 0.29) is 54.5 Å². The monoisotopic (exact) mass is 181 g/mol. The summed E-state index contributed by atoms with van der Waals surface area (Å²) in [5.74, 6) is -0.824. The van der Waals surface area contributed by atoms with E-state index in [0.29, 0.717) is 0 Å². The van der Waals surface area contributed by atoms with Crippen LogP contribution in [0.25, 0.3) is 0 Å². The van der Waals surface area contributed by atoms with E-state index in [1.165, 1.54) is 0 Å². The van der Waals surface area contributed by atoms with Crippen LogP contribution in [0.2, 0.25) is 0 Å². The largest absolute Gasteiger partial charge is 1.00 e. The van der Waals surface area contributed by atoms with Gasteiger partial charge in [-0.15, -0.1) is 6.26 Å². The zero-order chi connectivity index (χ0) is 8.69. The summed E-state index contributed by atoms with van der Waals surface area (Å²) in [6.45, 7) is 1.76. The van der Waals surface area contributed by atoms with Crippen LogP contribution >= 0.6 is 0 Å². The van der Waals surface area contributed by atoms with Gasteiger partial charge in [-0.1, -0.05) is 0 Å². The van der Waals surface area contributed by atoms with Crippen molar-refractivity contribution in [3.8, 4) is 0 Å². The topological polar surface area (TPSA) is 78.5 Å². The van der Waals surface area contributed by atoms with Gasteiger partial charge in [0.2, 0.25) is 6.41 Å². The van der Waals surface area contributed by atoms with Gasteiger partial charge in [-0.2, -0.15) is 0 Å². The van der Waals surface area contributed by atoms with Gasteiger partial charge < -0.3 is 15.2 Å². The molecule has 0 rings (SSSR count). The van der Waals surface area contributed by atoms with Crippen molar-refractivity contribution in [2.24, 2.45) is 0 Å². The van der Waals surface area contributed by atoms with Crippen LogP contribution in [0.5, 0.6) is 0 Å². The molecule has 0 aliphatic rings. The number of nitrogens with one attached hydrogen (secondary N) is 1. The summed E-state index contributed by atoms with van der Waals surface area (Å²) < 4.78 is 4.42. The van der Waals surface area contributed by atoms with E-state index in [0.717, 1.165) is 0 Å². The van der Waals surface area contributed by atoms with Gasteiger partial charge in [0, 0.05) is 0 Å². The molecular weight excluding hydrogens is 173 g/mol. The molecule has 6 heteroatoms. The fourth-order valence-corrected chi connectivity index (χ4v) is 0.413. The zero-order valence-corrected chi connectivity index (χ0v) is 8.99. The van der Waals surface area contributed by atoms with Crippen LogP contribution < -0.4 is 40.0 Å². The van der Waals surface area contributed by atoms with Crippen LogP contribution in [0.4, 0.5) is 0 Å². The van der Waals surface area contributed by atoms with Gasteiger partial charge >= 0.3 is 35.5 Å². The van der Waals surface area contributed by atoms with E-state index < -0.39 is 5.97 Å². The fourth-order valence-electron chi connectivity index (χ4n) is 0.413. The molecule has 12 heavy (non-hydrogen) atoms. The third kappa shape index (κ3) is 5.17. The Hall–Kier alpha value is -0.520. The second-order valence-electron chi connectivity index (χ2n) is 1.51. The van der Waals surface area contributed by atoms with E-state index in [1.807, 2.05) is 5.32 Å². The molecular formula is C6H8NNaO4. The minimum absolute atomic E-state index is 0. The number of hydrogen-bond donors (Lipinski definition) is 1. The van der Waals surface area contributed by atoms with E-state index in [1.54, 1.807) is 6.92 Å². The van der Waals surface area contributed by atoms with Gasteiger partial charge in [0.15, 0.2) is 0 Å². The summed E-state index contributed by atoms with van der Waals surface area (Å²) in [5, 5.41) is 12.0. The Balaban J connectivity index is 0. The molecule has 0 unspecified atom stereocenters. The van der Waals surface area contributed by atoms with Crippen molar-refractivity contribution in [2.45, 2.75) is 6.92 Å². The van der Waals surface area contributed by atoms with Crippen LogP contribution in [0.15, 0.2) is 12.0 Å². The molecule has 0 spiro atoms. The molecule has 0 heterocycles. The van der Waals surface area contributed by atoms with Crippen molar-refractivity contribution in [3.63, 3.8) is 0 Å². The van der Waals surface area contributed by atoms with Crippen LogP contribution in [0.1, 0.15) is 6.92 Å². The van der Waals surface area contributed by atoms with Gasteiger partial charge in [-0.05, 0) is 6.92 Å². The Bertz CT molecular complexity index is 180. The number of carbonyl (C=O) groups excluding carboxylic acids is 2. The maximum atomic E-state index is 10.7. The summed E-state index contributed by atoms with van der Waals surface area (Å²) >= 11 is 0. The predicted molar refractivity (Wildman–Crippen MR) is 33.9 cm³/mol. The van der Waals surface area contributed by atoms with Crippen molar-refractivity contribution in [2.75, 3.05) is 6.61 Å². The summed E-state index contributed by atoms with van der Waals surface area (Å²) in [6.07, 6.45) is 0.465. The van der Waals surface area contributed by atoms with Crippen molar-refractivity contribution >= 4 is 12.4 Å². The molecule has 0 atom stereocenters. The molecule has 5 nitrogen and oxygen atoms in total. The third-order valence-electron chi connectivity index (χ3n) is 0.828. The summed E-state index contributed by atoms with van der Waals surface area (Å²) in [4.78, 5) is 20.4. The number of amides is 1. The van der Waals surface area contributed by atoms with Gasteiger partial charge in [0.25, 0.3) is 0 Å². The Morgan fingerprint density at radius 3 is 2.58 bits per heavy atom. The number of hydrogen-bond acceptors (Lipinski definition) is 4. The SMILES string of the molecule is CCOC(=O)/C(=C\[O-])NC=O.[Na+]. The van der Waals surface area contributed by atoms with E-state index >= 15 is 0 Å². The summed E-state index contributed by atoms with van der Waals surface area (Å²) in [6, 6.07) is 0. The minimum atomic E-state index is -0.824.